The van der Waals surface area contributed by atoms with E-state index in [2.05, 4.69) is 17.6 Å². The Morgan fingerprint density at radius 3 is 2.32 bits per heavy atom. The van der Waals surface area contributed by atoms with Crippen LogP contribution in [0.5, 0.6) is 5.75 Å². The standard InChI is InChI=1S/C26H28N2O3/c1-3-4-17-31-24-15-13-21(14-16-24)25(29)28-23-12-8-11-22(18-23)26(30)27-19(2)20-9-6-5-7-10-20/h5-16,18-19H,3-4,17H2,1-2H3,(H,27,30)(H,28,29). The fraction of sp³-hybridized carbons (Fsp3) is 0.231. The van der Waals surface area contributed by atoms with Gasteiger partial charge in [-0.15, -0.1) is 0 Å². The van der Waals surface area contributed by atoms with Crippen molar-refractivity contribution in [3.05, 3.63) is 95.6 Å². The minimum atomic E-state index is -0.240. The molecule has 0 aliphatic heterocycles. The van der Waals surface area contributed by atoms with Crippen molar-refractivity contribution in [3.8, 4) is 5.75 Å². The quantitative estimate of drug-likeness (QED) is 0.446. The van der Waals surface area contributed by atoms with Crippen molar-refractivity contribution < 1.29 is 14.3 Å². The second-order valence-electron chi connectivity index (χ2n) is 7.37. The lowest BCUT2D eigenvalue weighted by molar-refractivity contribution is 0.0938. The van der Waals surface area contributed by atoms with Gasteiger partial charge < -0.3 is 15.4 Å². The van der Waals surface area contributed by atoms with Gasteiger partial charge in [0.2, 0.25) is 0 Å². The molecule has 2 amide bonds. The zero-order chi connectivity index (χ0) is 22.1. The van der Waals surface area contributed by atoms with E-state index in [-0.39, 0.29) is 17.9 Å². The predicted molar refractivity (Wildman–Crippen MR) is 124 cm³/mol. The van der Waals surface area contributed by atoms with Gasteiger partial charge in [0.25, 0.3) is 11.8 Å². The van der Waals surface area contributed by atoms with E-state index < -0.39 is 0 Å². The first kappa shape index (κ1) is 22.1. The number of nitrogens with one attached hydrogen (secondary N) is 2. The number of carbonyl (C=O) groups is 2. The number of hydrogen-bond acceptors (Lipinski definition) is 3. The number of anilines is 1. The zero-order valence-electron chi connectivity index (χ0n) is 17.9. The van der Waals surface area contributed by atoms with Crippen LogP contribution in [0.15, 0.2) is 78.9 Å². The number of rotatable bonds is 9. The first-order chi connectivity index (χ1) is 15.1. The van der Waals surface area contributed by atoms with E-state index >= 15 is 0 Å². The molecule has 0 radical (unpaired) electrons. The lowest BCUT2D eigenvalue weighted by atomic mass is 10.1. The maximum absolute atomic E-state index is 12.6. The van der Waals surface area contributed by atoms with Gasteiger partial charge in [-0.05, 0) is 61.4 Å². The summed E-state index contributed by atoms with van der Waals surface area (Å²) in [5.74, 6) is 0.313. The summed E-state index contributed by atoms with van der Waals surface area (Å²) in [7, 11) is 0. The summed E-state index contributed by atoms with van der Waals surface area (Å²) in [6, 6.07) is 23.6. The molecule has 0 heterocycles. The Kier molecular flexibility index (Phi) is 7.82. The molecule has 31 heavy (non-hydrogen) atoms. The van der Waals surface area contributed by atoms with Crippen molar-refractivity contribution in [1.82, 2.24) is 5.32 Å². The molecule has 0 aliphatic rings. The largest absolute Gasteiger partial charge is 0.494 e. The molecule has 160 valence electrons. The Bertz CT molecular complexity index is 1000. The molecule has 3 rings (SSSR count). The van der Waals surface area contributed by atoms with Gasteiger partial charge in [0, 0.05) is 16.8 Å². The molecular weight excluding hydrogens is 388 g/mol. The number of amides is 2. The molecule has 3 aromatic carbocycles. The molecule has 2 N–H and O–H groups in total. The summed E-state index contributed by atoms with van der Waals surface area (Å²) in [4.78, 5) is 25.2. The highest BCUT2D eigenvalue weighted by atomic mass is 16.5. The highest BCUT2D eigenvalue weighted by molar-refractivity contribution is 6.05. The summed E-state index contributed by atoms with van der Waals surface area (Å²) in [6.07, 6.45) is 2.07. The van der Waals surface area contributed by atoms with Crippen LogP contribution in [0.4, 0.5) is 5.69 Å². The van der Waals surface area contributed by atoms with E-state index in [9.17, 15) is 9.59 Å². The molecule has 1 atom stereocenters. The van der Waals surface area contributed by atoms with Gasteiger partial charge in [-0.1, -0.05) is 49.7 Å². The van der Waals surface area contributed by atoms with E-state index in [1.54, 1.807) is 48.5 Å². The van der Waals surface area contributed by atoms with Gasteiger partial charge in [0.1, 0.15) is 5.75 Å². The third-order valence-corrected chi connectivity index (χ3v) is 4.91. The molecule has 0 bridgehead atoms. The third-order valence-electron chi connectivity index (χ3n) is 4.91. The van der Waals surface area contributed by atoms with Crippen LogP contribution in [0.1, 0.15) is 59.0 Å². The van der Waals surface area contributed by atoms with E-state index in [1.807, 2.05) is 37.3 Å². The Hall–Kier alpha value is -3.60. The van der Waals surface area contributed by atoms with Crippen LogP contribution in [0.3, 0.4) is 0 Å². The molecule has 5 nitrogen and oxygen atoms in total. The molecule has 0 fully saturated rings. The molecule has 1 unspecified atom stereocenters. The van der Waals surface area contributed by atoms with E-state index in [0.717, 1.165) is 24.2 Å². The maximum Gasteiger partial charge on any atom is 0.255 e. The first-order valence-corrected chi connectivity index (χ1v) is 10.6. The van der Waals surface area contributed by atoms with Crippen LogP contribution in [-0.2, 0) is 0 Å². The van der Waals surface area contributed by atoms with Crippen LogP contribution < -0.4 is 15.4 Å². The molecule has 0 aromatic heterocycles. The number of hydrogen-bond donors (Lipinski definition) is 2. The van der Waals surface area contributed by atoms with Crippen molar-refractivity contribution in [2.75, 3.05) is 11.9 Å². The summed E-state index contributed by atoms with van der Waals surface area (Å²) in [5.41, 5.74) is 2.60. The predicted octanol–water partition coefficient (Wildman–Crippen LogP) is 5.61. The Morgan fingerprint density at radius 2 is 1.61 bits per heavy atom. The summed E-state index contributed by atoms with van der Waals surface area (Å²) in [5, 5.41) is 5.84. The first-order valence-electron chi connectivity index (χ1n) is 10.6. The van der Waals surface area contributed by atoms with Crippen molar-refractivity contribution >= 4 is 17.5 Å². The zero-order valence-corrected chi connectivity index (χ0v) is 17.9. The monoisotopic (exact) mass is 416 g/mol. The van der Waals surface area contributed by atoms with E-state index in [4.69, 9.17) is 4.74 Å². The highest BCUT2D eigenvalue weighted by Crippen LogP contribution is 2.17. The molecule has 0 aliphatic carbocycles. The van der Waals surface area contributed by atoms with Crippen LogP contribution in [-0.4, -0.2) is 18.4 Å². The second kappa shape index (κ2) is 11.0. The normalized spacial score (nSPS) is 11.4. The Morgan fingerprint density at radius 1 is 0.871 bits per heavy atom. The summed E-state index contributed by atoms with van der Waals surface area (Å²) in [6.45, 7) is 4.72. The number of unbranched alkanes of at least 4 members (excludes halogenated alkanes) is 1. The van der Waals surface area contributed by atoms with Crippen LogP contribution in [0, 0.1) is 0 Å². The topological polar surface area (TPSA) is 67.4 Å². The summed E-state index contributed by atoms with van der Waals surface area (Å²) < 4.78 is 5.63. The van der Waals surface area contributed by atoms with Gasteiger partial charge in [-0.25, -0.2) is 0 Å². The summed E-state index contributed by atoms with van der Waals surface area (Å²) >= 11 is 0. The van der Waals surface area contributed by atoms with Gasteiger partial charge in [-0.3, -0.25) is 9.59 Å². The molecule has 0 saturated heterocycles. The fourth-order valence-electron chi connectivity index (χ4n) is 3.08. The van der Waals surface area contributed by atoms with Crippen LogP contribution in [0.25, 0.3) is 0 Å². The lowest BCUT2D eigenvalue weighted by Gasteiger charge is -2.15. The number of ether oxygens (including phenoxy) is 1. The van der Waals surface area contributed by atoms with Gasteiger partial charge in [-0.2, -0.15) is 0 Å². The molecular formula is C26H28N2O3. The maximum atomic E-state index is 12.6. The Balaban J connectivity index is 1.60. The van der Waals surface area contributed by atoms with E-state index in [1.165, 1.54) is 0 Å². The van der Waals surface area contributed by atoms with Crippen molar-refractivity contribution in [1.29, 1.82) is 0 Å². The Labute approximate surface area is 183 Å². The number of carbonyl (C=O) groups excluding carboxylic acids is 2. The van der Waals surface area contributed by atoms with Crippen molar-refractivity contribution in [3.63, 3.8) is 0 Å². The number of benzene rings is 3. The van der Waals surface area contributed by atoms with Gasteiger partial charge in [0.15, 0.2) is 0 Å². The van der Waals surface area contributed by atoms with Gasteiger partial charge >= 0.3 is 0 Å². The third kappa shape index (κ3) is 6.44. The highest BCUT2D eigenvalue weighted by Gasteiger charge is 2.13. The van der Waals surface area contributed by atoms with Crippen LogP contribution >= 0.6 is 0 Å². The van der Waals surface area contributed by atoms with Crippen molar-refractivity contribution in [2.45, 2.75) is 32.7 Å². The van der Waals surface area contributed by atoms with Gasteiger partial charge in [0.05, 0.1) is 12.6 Å². The minimum Gasteiger partial charge on any atom is -0.494 e. The molecule has 3 aromatic rings. The molecule has 0 spiro atoms. The SMILES string of the molecule is CCCCOc1ccc(C(=O)Nc2cccc(C(=O)NC(C)c3ccccc3)c2)cc1. The van der Waals surface area contributed by atoms with Crippen molar-refractivity contribution in [2.24, 2.45) is 0 Å². The van der Waals surface area contributed by atoms with Crippen LogP contribution in [0.2, 0.25) is 0 Å². The molecule has 5 heteroatoms. The fourth-order valence-corrected chi connectivity index (χ4v) is 3.08. The smallest absolute Gasteiger partial charge is 0.255 e. The average molecular weight is 417 g/mol. The minimum absolute atomic E-state index is 0.120. The average Bonchev–Trinajstić information content (AvgIpc) is 2.80. The van der Waals surface area contributed by atoms with E-state index in [0.29, 0.717) is 23.4 Å². The second-order valence-corrected chi connectivity index (χ2v) is 7.37. The lowest BCUT2D eigenvalue weighted by Crippen LogP contribution is -2.26. The molecule has 0 saturated carbocycles.